The molecule has 0 aliphatic rings. The number of hydrogen-bond acceptors (Lipinski definition) is 3. The van der Waals surface area contributed by atoms with Crippen LogP contribution >= 0.6 is 11.6 Å². The highest BCUT2D eigenvalue weighted by Gasteiger charge is 2.13. The summed E-state index contributed by atoms with van der Waals surface area (Å²) in [6.45, 7) is 4.32. The van der Waals surface area contributed by atoms with E-state index in [1.807, 2.05) is 6.92 Å². The summed E-state index contributed by atoms with van der Waals surface area (Å²) in [5.74, 6) is -0.211. The SMILES string of the molecule is CCn1nc(C)c(C(=O)CCl)n1. The maximum atomic E-state index is 11.1. The second-order valence-corrected chi connectivity index (χ2v) is 2.65. The van der Waals surface area contributed by atoms with E-state index in [1.165, 1.54) is 4.80 Å². The molecule has 0 saturated carbocycles. The lowest BCUT2D eigenvalue weighted by Gasteiger charge is -1.89. The molecule has 1 aromatic heterocycles. The molecule has 1 rings (SSSR count). The third kappa shape index (κ3) is 1.64. The fourth-order valence-electron chi connectivity index (χ4n) is 0.893. The van der Waals surface area contributed by atoms with Gasteiger partial charge in [-0.3, -0.25) is 4.79 Å². The van der Waals surface area contributed by atoms with Gasteiger partial charge in [-0.15, -0.1) is 16.7 Å². The Morgan fingerprint density at radius 1 is 1.58 bits per heavy atom. The van der Waals surface area contributed by atoms with E-state index < -0.39 is 0 Å². The lowest BCUT2D eigenvalue weighted by molar-refractivity contribution is 0.101. The number of nitrogens with zero attached hydrogens (tertiary/aromatic N) is 3. The van der Waals surface area contributed by atoms with Crippen LogP contribution in [0, 0.1) is 6.92 Å². The molecular formula is C7H10ClN3O. The van der Waals surface area contributed by atoms with Gasteiger partial charge in [-0.05, 0) is 13.8 Å². The molecule has 0 aliphatic carbocycles. The van der Waals surface area contributed by atoms with E-state index in [2.05, 4.69) is 10.2 Å². The first-order valence-corrected chi connectivity index (χ1v) is 4.23. The van der Waals surface area contributed by atoms with Crippen LogP contribution in [0.3, 0.4) is 0 Å². The van der Waals surface area contributed by atoms with Crippen molar-refractivity contribution in [1.29, 1.82) is 0 Å². The van der Waals surface area contributed by atoms with Crippen LogP contribution in [0.5, 0.6) is 0 Å². The Hall–Kier alpha value is -0.900. The van der Waals surface area contributed by atoms with Gasteiger partial charge in [0.15, 0.2) is 11.5 Å². The Bertz CT molecular complexity index is 295. The molecule has 0 saturated heterocycles. The summed E-state index contributed by atoms with van der Waals surface area (Å²) < 4.78 is 0. The van der Waals surface area contributed by atoms with Gasteiger partial charge < -0.3 is 0 Å². The third-order valence-corrected chi connectivity index (χ3v) is 1.73. The summed E-state index contributed by atoms with van der Waals surface area (Å²) in [5, 5.41) is 7.99. The Labute approximate surface area is 75.5 Å². The number of alkyl halides is 1. The van der Waals surface area contributed by atoms with Crippen molar-refractivity contribution in [3.63, 3.8) is 0 Å². The number of ketones is 1. The van der Waals surface area contributed by atoms with Crippen LogP contribution in [0.15, 0.2) is 0 Å². The Morgan fingerprint density at radius 2 is 2.25 bits per heavy atom. The molecule has 0 aromatic carbocycles. The first-order valence-electron chi connectivity index (χ1n) is 3.70. The molecule has 0 bridgehead atoms. The second-order valence-electron chi connectivity index (χ2n) is 2.38. The van der Waals surface area contributed by atoms with Crippen LogP contribution in [-0.4, -0.2) is 26.7 Å². The Balaban J connectivity index is 2.99. The van der Waals surface area contributed by atoms with Gasteiger partial charge in [0.05, 0.1) is 18.1 Å². The summed E-state index contributed by atoms with van der Waals surface area (Å²) >= 11 is 5.38. The molecule has 0 spiro atoms. The summed E-state index contributed by atoms with van der Waals surface area (Å²) in [6, 6.07) is 0. The van der Waals surface area contributed by atoms with E-state index in [0.717, 1.165) is 0 Å². The van der Waals surface area contributed by atoms with Crippen molar-refractivity contribution in [2.45, 2.75) is 20.4 Å². The van der Waals surface area contributed by atoms with Gasteiger partial charge >= 0.3 is 0 Å². The van der Waals surface area contributed by atoms with Gasteiger partial charge in [0.2, 0.25) is 0 Å². The van der Waals surface area contributed by atoms with Crippen molar-refractivity contribution in [1.82, 2.24) is 15.0 Å². The largest absolute Gasteiger partial charge is 0.291 e. The van der Waals surface area contributed by atoms with Crippen molar-refractivity contribution < 1.29 is 4.79 Å². The van der Waals surface area contributed by atoms with Gasteiger partial charge in [0.1, 0.15) is 0 Å². The van der Waals surface area contributed by atoms with Gasteiger partial charge in [-0.2, -0.15) is 9.90 Å². The molecular weight excluding hydrogens is 178 g/mol. The fraction of sp³-hybridized carbons (Fsp3) is 0.571. The predicted molar refractivity (Wildman–Crippen MR) is 45.5 cm³/mol. The average Bonchev–Trinajstić information content (AvgIpc) is 2.45. The maximum Gasteiger partial charge on any atom is 0.199 e. The van der Waals surface area contributed by atoms with Crippen molar-refractivity contribution >= 4 is 17.4 Å². The quantitative estimate of drug-likeness (QED) is 0.525. The summed E-state index contributed by atoms with van der Waals surface area (Å²) in [4.78, 5) is 12.6. The number of rotatable bonds is 3. The van der Waals surface area contributed by atoms with E-state index >= 15 is 0 Å². The van der Waals surface area contributed by atoms with Crippen molar-refractivity contribution in [3.8, 4) is 0 Å². The monoisotopic (exact) mass is 187 g/mol. The first-order chi connectivity index (χ1) is 5.69. The molecule has 1 heterocycles. The number of carbonyl (C=O) groups excluding carboxylic acids is 1. The molecule has 0 radical (unpaired) electrons. The second kappa shape index (κ2) is 3.67. The molecule has 1 aromatic rings. The Morgan fingerprint density at radius 3 is 2.67 bits per heavy atom. The van der Waals surface area contributed by atoms with Crippen LogP contribution in [-0.2, 0) is 6.54 Å². The van der Waals surface area contributed by atoms with Crippen molar-refractivity contribution in [2.75, 3.05) is 5.88 Å². The minimum absolute atomic E-state index is 0.0384. The number of aryl methyl sites for hydroxylation is 2. The van der Waals surface area contributed by atoms with Gasteiger partial charge in [-0.1, -0.05) is 0 Å². The molecule has 4 nitrogen and oxygen atoms in total. The zero-order valence-electron chi connectivity index (χ0n) is 7.04. The van der Waals surface area contributed by atoms with Gasteiger partial charge in [-0.25, -0.2) is 0 Å². The lowest BCUT2D eigenvalue weighted by atomic mass is 10.3. The molecule has 0 unspecified atom stereocenters. The highest BCUT2D eigenvalue weighted by atomic mass is 35.5. The molecule has 12 heavy (non-hydrogen) atoms. The number of hydrogen-bond donors (Lipinski definition) is 0. The van der Waals surface area contributed by atoms with Crippen molar-refractivity contribution in [3.05, 3.63) is 11.4 Å². The van der Waals surface area contributed by atoms with Crippen LogP contribution in [0.25, 0.3) is 0 Å². The third-order valence-electron chi connectivity index (χ3n) is 1.49. The zero-order valence-corrected chi connectivity index (χ0v) is 7.80. The molecule has 0 aliphatic heterocycles. The molecule has 0 fully saturated rings. The van der Waals surface area contributed by atoms with Crippen molar-refractivity contribution in [2.24, 2.45) is 0 Å². The fourth-order valence-corrected chi connectivity index (χ4v) is 1.02. The number of carbonyl (C=O) groups is 1. The van der Waals surface area contributed by atoms with E-state index in [4.69, 9.17) is 11.6 Å². The van der Waals surface area contributed by atoms with Crippen LogP contribution in [0.2, 0.25) is 0 Å². The van der Waals surface area contributed by atoms with E-state index in [-0.39, 0.29) is 11.7 Å². The smallest absolute Gasteiger partial charge is 0.199 e. The van der Waals surface area contributed by atoms with Crippen LogP contribution < -0.4 is 0 Å². The summed E-state index contributed by atoms with van der Waals surface area (Å²) in [7, 11) is 0. The lowest BCUT2D eigenvalue weighted by Crippen LogP contribution is -2.04. The van der Waals surface area contributed by atoms with Crippen LogP contribution in [0.4, 0.5) is 0 Å². The molecule has 0 amide bonds. The normalized spacial score (nSPS) is 10.2. The van der Waals surface area contributed by atoms with Gasteiger partial charge in [0.25, 0.3) is 0 Å². The number of halogens is 1. The summed E-state index contributed by atoms with van der Waals surface area (Å²) in [5.41, 5.74) is 1.02. The highest BCUT2D eigenvalue weighted by molar-refractivity contribution is 6.30. The minimum atomic E-state index is -0.172. The number of aromatic nitrogens is 3. The number of Topliss-reactive ketones (excluding diaryl/α,β-unsaturated/α-hetero) is 1. The summed E-state index contributed by atoms with van der Waals surface area (Å²) in [6.07, 6.45) is 0. The molecule has 0 atom stereocenters. The van der Waals surface area contributed by atoms with Crippen LogP contribution in [0.1, 0.15) is 23.1 Å². The first kappa shape index (κ1) is 9.19. The molecule has 5 heteroatoms. The topological polar surface area (TPSA) is 47.8 Å². The Kier molecular flexibility index (Phi) is 2.81. The van der Waals surface area contributed by atoms with E-state index in [9.17, 15) is 4.79 Å². The maximum absolute atomic E-state index is 11.1. The average molecular weight is 188 g/mol. The van der Waals surface area contributed by atoms with Gasteiger partial charge in [0, 0.05) is 0 Å². The van der Waals surface area contributed by atoms with E-state index in [1.54, 1.807) is 6.92 Å². The molecule has 66 valence electrons. The zero-order chi connectivity index (χ0) is 9.14. The predicted octanol–water partition coefficient (Wildman–Crippen LogP) is 1.03. The van der Waals surface area contributed by atoms with E-state index in [0.29, 0.717) is 17.9 Å². The minimum Gasteiger partial charge on any atom is -0.291 e. The standard InChI is InChI=1S/C7H10ClN3O/c1-3-11-9-5(2)7(10-11)6(12)4-8/h3-4H2,1-2H3. The highest BCUT2D eigenvalue weighted by Crippen LogP contribution is 2.02. The molecule has 0 N–H and O–H groups in total.